The molecule has 1 aliphatic heterocycles. The van der Waals surface area contributed by atoms with Crippen LogP contribution in [-0.4, -0.2) is 31.1 Å². The summed E-state index contributed by atoms with van der Waals surface area (Å²) in [5, 5.41) is 12.6. The van der Waals surface area contributed by atoms with Gasteiger partial charge in [0.2, 0.25) is 0 Å². The molecule has 17 heavy (non-hydrogen) atoms. The maximum absolute atomic E-state index is 9.10. The lowest BCUT2D eigenvalue weighted by Crippen LogP contribution is -2.39. The Morgan fingerprint density at radius 1 is 1.53 bits per heavy atom. The largest absolute Gasteiger partial charge is 0.380 e. The Bertz CT molecular complexity index is 439. The monoisotopic (exact) mass is 293 g/mol. The van der Waals surface area contributed by atoms with Gasteiger partial charge in [-0.05, 0) is 44.6 Å². The molecule has 1 aromatic carbocycles. The minimum atomic E-state index is 0.446. The summed E-state index contributed by atoms with van der Waals surface area (Å²) >= 11 is 3.38. The second kappa shape index (κ2) is 5.52. The number of halogens is 1. The van der Waals surface area contributed by atoms with Crippen molar-refractivity contribution in [1.82, 2.24) is 4.90 Å². The van der Waals surface area contributed by atoms with Gasteiger partial charge in [-0.15, -0.1) is 0 Å². The summed E-state index contributed by atoms with van der Waals surface area (Å²) in [6.45, 7) is 2.21. The van der Waals surface area contributed by atoms with E-state index in [1.165, 1.54) is 19.4 Å². The molecule has 1 saturated heterocycles. The third kappa shape index (κ3) is 3.21. The van der Waals surface area contributed by atoms with Gasteiger partial charge in [0, 0.05) is 17.1 Å². The first kappa shape index (κ1) is 12.4. The molecule has 0 aromatic heterocycles. The van der Waals surface area contributed by atoms with Crippen LogP contribution >= 0.6 is 15.9 Å². The molecule has 4 heteroatoms. The molecule has 2 rings (SSSR count). The van der Waals surface area contributed by atoms with E-state index in [4.69, 9.17) is 5.26 Å². The fourth-order valence-corrected chi connectivity index (χ4v) is 2.60. The maximum atomic E-state index is 9.10. The van der Waals surface area contributed by atoms with Crippen LogP contribution in [0.25, 0.3) is 0 Å². The number of benzene rings is 1. The summed E-state index contributed by atoms with van der Waals surface area (Å²) in [5.74, 6) is 0. The Balaban J connectivity index is 2.10. The normalized spacial score (nSPS) is 20.9. The van der Waals surface area contributed by atoms with Crippen LogP contribution in [0.1, 0.15) is 18.4 Å². The van der Waals surface area contributed by atoms with E-state index in [9.17, 15) is 0 Å². The van der Waals surface area contributed by atoms with Crippen molar-refractivity contribution in [2.75, 3.05) is 25.5 Å². The van der Waals surface area contributed by atoms with Gasteiger partial charge in [0.05, 0.1) is 11.3 Å². The van der Waals surface area contributed by atoms with Gasteiger partial charge < -0.3 is 10.2 Å². The first-order chi connectivity index (χ1) is 8.19. The number of piperidine rings is 1. The zero-order valence-electron chi connectivity index (χ0n) is 9.91. The number of nitrogens with one attached hydrogen (secondary N) is 1. The number of likely N-dealkylation sites (tertiary alicyclic amines) is 1. The number of hydrogen-bond donors (Lipinski definition) is 1. The molecule has 1 N–H and O–H groups in total. The molecular weight excluding hydrogens is 278 g/mol. The van der Waals surface area contributed by atoms with Crippen LogP contribution in [-0.2, 0) is 0 Å². The molecule has 1 unspecified atom stereocenters. The Morgan fingerprint density at radius 2 is 2.35 bits per heavy atom. The number of likely N-dealkylation sites (N-methyl/N-ethyl adjacent to an activating group) is 1. The van der Waals surface area contributed by atoms with E-state index in [0.717, 1.165) is 16.7 Å². The third-order valence-electron chi connectivity index (χ3n) is 3.09. The predicted molar refractivity (Wildman–Crippen MR) is 73.0 cm³/mol. The maximum Gasteiger partial charge on any atom is 0.101 e. The molecule has 1 aromatic rings. The van der Waals surface area contributed by atoms with Crippen LogP contribution in [0.5, 0.6) is 0 Å². The summed E-state index contributed by atoms with van der Waals surface area (Å²) in [7, 11) is 2.14. The highest BCUT2D eigenvalue weighted by molar-refractivity contribution is 9.10. The lowest BCUT2D eigenvalue weighted by Gasteiger charge is -2.31. The number of anilines is 1. The number of nitriles is 1. The van der Waals surface area contributed by atoms with Gasteiger partial charge >= 0.3 is 0 Å². The fourth-order valence-electron chi connectivity index (χ4n) is 2.24. The van der Waals surface area contributed by atoms with Crippen molar-refractivity contribution in [2.24, 2.45) is 0 Å². The van der Waals surface area contributed by atoms with Crippen molar-refractivity contribution in [2.45, 2.75) is 18.9 Å². The molecule has 1 aliphatic rings. The zero-order valence-corrected chi connectivity index (χ0v) is 11.5. The van der Waals surface area contributed by atoms with E-state index < -0.39 is 0 Å². The van der Waals surface area contributed by atoms with Crippen LogP contribution in [0, 0.1) is 11.3 Å². The van der Waals surface area contributed by atoms with Gasteiger partial charge in [0.1, 0.15) is 6.07 Å². The molecular formula is C13H16BrN3. The summed E-state index contributed by atoms with van der Waals surface area (Å²) in [6.07, 6.45) is 2.39. The molecule has 1 fully saturated rings. The zero-order chi connectivity index (χ0) is 12.3. The smallest absolute Gasteiger partial charge is 0.101 e. The first-order valence-corrected chi connectivity index (χ1v) is 6.63. The molecule has 1 heterocycles. The van der Waals surface area contributed by atoms with E-state index >= 15 is 0 Å². The van der Waals surface area contributed by atoms with Crippen LogP contribution < -0.4 is 5.32 Å². The molecule has 90 valence electrons. The van der Waals surface area contributed by atoms with Crippen molar-refractivity contribution in [3.8, 4) is 6.07 Å². The molecule has 0 bridgehead atoms. The van der Waals surface area contributed by atoms with Crippen LogP contribution in [0.15, 0.2) is 22.7 Å². The average molecular weight is 294 g/mol. The Kier molecular flexibility index (Phi) is 4.03. The number of nitrogens with zero attached hydrogens (tertiary/aromatic N) is 2. The number of rotatable bonds is 2. The summed E-state index contributed by atoms with van der Waals surface area (Å²) in [6, 6.07) is 8.47. The molecule has 3 nitrogen and oxygen atoms in total. The highest BCUT2D eigenvalue weighted by Crippen LogP contribution is 2.22. The first-order valence-electron chi connectivity index (χ1n) is 5.84. The topological polar surface area (TPSA) is 39.1 Å². The van der Waals surface area contributed by atoms with Crippen molar-refractivity contribution in [3.63, 3.8) is 0 Å². The summed E-state index contributed by atoms with van der Waals surface area (Å²) in [5.41, 5.74) is 1.64. The standard InChI is InChI=1S/C13H16BrN3/c1-17-6-2-3-12(9-17)16-13-5-4-11(14)7-10(13)8-15/h4-5,7,12,16H,2-3,6,9H2,1H3. The van der Waals surface area contributed by atoms with E-state index in [1.807, 2.05) is 18.2 Å². The van der Waals surface area contributed by atoms with E-state index in [-0.39, 0.29) is 0 Å². The van der Waals surface area contributed by atoms with Gasteiger partial charge in [-0.3, -0.25) is 0 Å². The minimum absolute atomic E-state index is 0.446. The van der Waals surface area contributed by atoms with Crippen molar-refractivity contribution in [3.05, 3.63) is 28.2 Å². The lowest BCUT2D eigenvalue weighted by molar-refractivity contribution is 0.261. The van der Waals surface area contributed by atoms with Gasteiger partial charge in [-0.25, -0.2) is 0 Å². The Labute approximate surface area is 111 Å². The van der Waals surface area contributed by atoms with Crippen molar-refractivity contribution >= 4 is 21.6 Å². The summed E-state index contributed by atoms with van der Waals surface area (Å²) < 4.78 is 0.945. The fraction of sp³-hybridized carbons (Fsp3) is 0.462. The quantitative estimate of drug-likeness (QED) is 0.911. The molecule has 0 amide bonds. The van der Waals surface area contributed by atoms with E-state index in [1.54, 1.807) is 0 Å². The third-order valence-corrected chi connectivity index (χ3v) is 3.58. The lowest BCUT2D eigenvalue weighted by atomic mass is 10.1. The molecule has 1 atom stereocenters. The van der Waals surface area contributed by atoms with Gasteiger partial charge in [0.15, 0.2) is 0 Å². The van der Waals surface area contributed by atoms with E-state index in [2.05, 4.69) is 39.3 Å². The molecule has 0 saturated carbocycles. The molecule has 0 spiro atoms. The SMILES string of the molecule is CN1CCCC(Nc2ccc(Br)cc2C#N)C1. The van der Waals surface area contributed by atoms with Crippen LogP contribution in [0.4, 0.5) is 5.69 Å². The highest BCUT2D eigenvalue weighted by Gasteiger charge is 2.17. The van der Waals surface area contributed by atoms with Crippen molar-refractivity contribution in [1.29, 1.82) is 5.26 Å². The minimum Gasteiger partial charge on any atom is -0.380 e. The Hall–Kier alpha value is -1.05. The van der Waals surface area contributed by atoms with Crippen molar-refractivity contribution < 1.29 is 0 Å². The van der Waals surface area contributed by atoms with Crippen LogP contribution in [0.2, 0.25) is 0 Å². The molecule has 0 aliphatic carbocycles. The second-order valence-electron chi connectivity index (χ2n) is 4.55. The summed E-state index contributed by atoms with van der Waals surface area (Å²) in [4.78, 5) is 2.33. The van der Waals surface area contributed by atoms with Gasteiger partial charge in [-0.1, -0.05) is 15.9 Å². The molecule has 0 radical (unpaired) electrons. The van der Waals surface area contributed by atoms with Gasteiger partial charge in [-0.2, -0.15) is 5.26 Å². The van der Waals surface area contributed by atoms with E-state index in [0.29, 0.717) is 11.6 Å². The number of hydrogen-bond acceptors (Lipinski definition) is 3. The van der Waals surface area contributed by atoms with Gasteiger partial charge in [0.25, 0.3) is 0 Å². The Morgan fingerprint density at radius 3 is 3.06 bits per heavy atom. The van der Waals surface area contributed by atoms with Crippen LogP contribution in [0.3, 0.4) is 0 Å². The average Bonchev–Trinajstić information content (AvgIpc) is 2.31. The predicted octanol–water partition coefficient (Wildman–Crippen LogP) is 2.83. The second-order valence-corrected chi connectivity index (χ2v) is 5.46. The highest BCUT2D eigenvalue weighted by atomic mass is 79.9.